The molecule has 8 nitrogen and oxygen atoms in total. The Hall–Kier alpha value is -2.90. The molecule has 2 aromatic rings. The third-order valence-corrected chi connectivity index (χ3v) is 2.74. The summed E-state index contributed by atoms with van der Waals surface area (Å²) in [5.41, 5.74) is 0.920. The van der Waals surface area contributed by atoms with Crippen molar-refractivity contribution in [3.05, 3.63) is 42.2 Å². The second kappa shape index (κ2) is 8.40. The van der Waals surface area contributed by atoms with Crippen LogP contribution in [0.5, 0.6) is 0 Å². The van der Waals surface area contributed by atoms with Gasteiger partial charge in [-0.1, -0.05) is 30.3 Å². The van der Waals surface area contributed by atoms with Crippen molar-refractivity contribution in [1.82, 2.24) is 20.5 Å². The minimum atomic E-state index is -0.500. The zero-order valence-electron chi connectivity index (χ0n) is 11.9. The van der Waals surface area contributed by atoms with Gasteiger partial charge in [-0.05, 0) is 12.0 Å². The third-order valence-electron chi connectivity index (χ3n) is 2.74. The molecule has 0 aliphatic rings. The highest BCUT2D eigenvalue weighted by molar-refractivity contribution is 5.88. The highest BCUT2D eigenvalue weighted by atomic mass is 16.5. The smallest absolute Gasteiger partial charge is 0.407 e. The number of anilines is 1. The van der Waals surface area contributed by atoms with E-state index in [-0.39, 0.29) is 18.9 Å². The number of H-pyrrole nitrogens is 1. The number of aromatic amines is 1. The van der Waals surface area contributed by atoms with E-state index < -0.39 is 6.09 Å². The molecule has 0 atom stereocenters. The first-order chi connectivity index (χ1) is 10.7. The minimum Gasteiger partial charge on any atom is -0.445 e. The van der Waals surface area contributed by atoms with Crippen LogP contribution in [0.25, 0.3) is 0 Å². The topological polar surface area (TPSA) is 109 Å². The molecule has 0 saturated carbocycles. The molecule has 1 heterocycles. The Morgan fingerprint density at radius 1 is 1.23 bits per heavy atom. The molecular weight excluding hydrogens is 286 g/mol. The van der Waals surface area contributed by atoms with E-state index in [2.05, 4.69) is 25.8 Å². The van der Waals surface area contributed by atoms with Crippen molar-refractivity contribution in [2.24, 2.45) is 0 Å². The second-order valence-electron chi connectivity index (χ2n) is 4.47. The van der Waals surface area contributed by atoms with Gasteiger partial charge >= 0.3 is 6.09 Å². The lowest BCUT2D eigenvalue weighted by Gasteiger charge is -2.07. The number of carbonyl (C=O) groups excluding carboxylic acids is 2. The Bertz CT molecular complexity index is 586. The number of ether oxygens (including phenoxy) is 1. The molecule has 22 heavy (non-hydrogen) atoms. The normalized spacial score (nSPS) is 10.0. The summed E-state index contributed by atoms with van der Waals surface area (Å²) in [6, 6.07) is 9.41. The zero-order valence-corrected chi connectivity index (χ0v) is 11.9. The summed E-state index contributed by atoms with van der Waals surface area (Å²) < 4.78 is 5.05. The van der Waals surface area contributed by atoms with Crippen LogP contribution in [0.1, 0.15) is 18.4 Å². The van der Waals surface area contributed by atoms with Gasteiger partial charge < -0.3 is 10.1 Å². The summed E-state index contributed by atoms with van der Waals surface area (Å²) in [5, 5.41) is 11.3. The van der Waals surface area contributed by atoms with Crippen LogP contribution >= 0.6 is 0 Å². The van der Waals surface area contributed by atoms with Gasteiger partial charge in [0.15, 0.2) is 0 Å². The van der Waals surface area contributed by atoms with Gasteiger partial charge in [0.25, 0.3) is 0 Å². The van der Waals surface area contributed by atoms with E-state index in [0.29, 0.717) is 18.9 Å². The minimum absolute atomic E-state index is 0.198. The molecule has 3 N–H and O–H groups in total. The number of hydrogen-bond acceptors (Lipinski definition) is 5. The van der Waals surface area contributed by atoms with Crippen LogP contribution in [0.3, 0.4) is 0 Å². The maximum absolute atomic E-state index is 11.5. The van der Waals surface area contributed by atoms with Gasteiger partial charge in [-0.3, -0.25) is 10.1 Å². The maximum Gasteiger partial charge on any atom is 0.407 e. The van der Waals surface area contributed by atoms with Gasteiger partial charge in [-0.2, -0.15) is 10.1 Å². The lowest BCUT2D eigenvalue weighted by atomic mass is 10.2. The molecule has 0 fully saturated rings. The van der Waals surface area contributed by atoms with Gasteiger partial charge in [-0.25, -0.2) is 9.89 Å². The standard InChI is InChI=1S/C14H17N5O3/c20-12(18-13-16-10-17-19-13)7-4-8-15-14(21)22-9-11-5-2-1-3-6-11/h1-3,5-6,10H,4,7-9H2,(H,15,21)(H2,16,17,18,19,20). The molecule has 1 aromatic carbocycles. The third kappa shape index (κ3) is 5.61. The van der Waals surface area contributed by atoms with E-state index in [1.54, 1.807) is 0 Å². The van der Waals surface area contributed by atoms with Crippen molar-refractivity contribution in [3.8, 4) is 0 Å². The van der Waals surface area contributed by atoms with Crippen molar-refractivity contribution in [1.29, 1.82) is 0 Å². The number of amides is 2. The molecule has 0 spiro atoms. The number of benzene rings is 1. The molecule has 2 rings (SSSR count). The summed E-state index contributed by atoms with van der Waals surface area (Å²) in [7, 11) is 0. The van der Waals surface area contributed by atoms with Crippen LogP contribution < -0.4 is 10.6 Å². The number of carbonyl (C=O) groups is 2. The summed E-state index contributed by atoms with van der Waals surface area (Å²) in [4.78, 5) is 26.8. The highest BCUT2D eigenvalue weighted by Gasteiger charge is 2.05. The van der Waals surface area contributed by atoms with Gasteiger partial charge in [0, 0.05) is 13.0 Å². The average Bonchev–Trinajstić information content (AvgIpc) is 3.03. The van der Waals surface area contributed by atoms with Crippen molar-refractivity contribution in [3.63, 3.8) is 0 Å². The Kier molecular flexibility index (Phi) is 5.91. The van der Waals surface area contributed by atoms with E-state index in [0.717, 1.165) is 5.56 Å². The Balaban J connectivity index is 1.54. The monoisotopic (exact) mass is 303 g/mol. The van der Waals surface area contributed by atoms with Crippen LogP contribution in [0, 0.1) is 0 Å². The van der Waals surface area contributed by atoms with Gasteiger partial charge in [0.2, 0.25) is 11.9 Å². The Morgan fingerprint density at radius 3 is 2.77 bits per heavy atom. The first kappa shape index (κ1) is 15.5. The van der Waals surface area contributed by atoms with E-state index in [4.69, 9.17) is 4.74 Å². The number of nitrogens with one attached hydrogen (secondary N) is 3. The Labute approximate surface area is 127 Å². The summed E-state index contributed by atoms with van der Waals surface area (Å²) >= 11 is 0. The fourth-order valence-electron chi connectivity index (χ4n) is 1.67. The van der Waals surface area contributed by atoms with Crippen molar-refractivity contribution >= 4 is 17.9 Å². The number of nitrogens with zero attached hydrogens (tertiary/aromatic N) is 2. The largest absolute Gasteiger partial charge is 0.445 e. The lowest BCUT2D eigenvalue weighted by molar-refractivity contribution is -0.116. The SMILES string of the molecule is O=C(CCCNC(=O)OCc1ccccc1)Nc1ncn[nH]1. The van der Waals surface area contributed by atoms with Crippen LogP contribution in [0.2, 0.25) is 0 Å². The van der Waals surface area contributed by atoms with Crippen molar-refractivity contribution in [2.75, 3.05) is 11.9 Å². The number of alkyl carbamates (subject to hydrolysis) is 1. The molecule has 0 radical (unpaired) electrons. The second-order valence-corrected chi connectivity index (χ2v) is 4.47. The van der Waals surface area contributed by atoms with Crippen molar-refractivity contribution in [2.45, 2.75) is 19.4 Å². The molecular formula is C14H17N5O3. The van der Waals surface area contributed by atoms with E-state index in [1.165, 1.54) is 6.33 Å². The van der Waals surface area contributed by atoms with Crippen LogP contribution in [-0.4, -0.2) is 33.7 Å². The van der Waals surface area contributed by atoms with Gasteiger partial charge in [0.05, 0.1) is 0 Å². The molecule has 0 bridgehead atoms. The van der Waals surface area contributed by atoms with Crippen molar-refractivity contribution < 1.29 is 14.3 Å². The molecule has 116 valence electrons. The predicted molar refractivity (Wildman–Crippen MR) is 78.9 cm³/mol. The summed E-state index contributed by atoms with van der Waals surface area (Å²) in [5.74, 6) is 0.108. The first-order valence-corrected chi connectivity index (χ1v) is 6.84. The molecule has 0 aliphatic carbocycles. The molecule has 1 aromatic heterocycles. The number of aromatic nitrogens is 3. The predicted octanol–water partition coefficient (Wildman–Crippen LogP) is 1.45. The van der Waals surface area contributed by atoms with E-state index in [1.807, 2.05) is 30.3 Å². The first-order valence-electron chi connectivity index (χ1n) is 6.84. The summed E-state index contributed by atoms with van der Waals surface area (Å²) in [6.07, 6.45) is 1.57. The number of hydrogen-bond donors (Lipinski definition) is 3. The zero-order chi connectivity index (χ0) is 15.6. The van der Waals surface area contributed by atoms with Crippen LogP contribution in [-0.2, 0) is 16.1 Å². The number of rotatable bonds is 7. The van der Waals surface area contributed by atoms with Gasteiger partial charge in [0.1, 0.15) is 12.9 Å². The molecule has 0 aliphatic heterocycles. The highest BCUT2D eigenvalue weighted by Crippen LogP contribution is 2.00. The maximum atomic E-state index is 11.5. The van der Waals surface area contributed by atoms with Crippen LogP contribution in [0.4, 0.5) is 10.7 Å². The van der Waals surface area contributed by atoms with E-state index in [9.17, 15) is 9.59 Å². The Morgan fingerprint density at radius 2 is 2.05 bits per heavy atom. The van der Waals surface area contributed by atoms with E-state index >= 15 is 0 Å². The fraction of sp³-hybridized carbons (Fsp3) is 0.286. The van der Waals surface area contributed by atoms with Gasteiger partial charge in [-0.15, -0.1) is 0 Å². The summed E-state index contributed by atoms with van der Waals surface area (Å²) in [6.45, 7) is 0.579. The molecule has 0 saturated heterocycles. The average molecular weight is 303 g/mol. The molecule has 2 amide bonds. The lowest BCUT2D eigenvalue weighted by Crippen LogP contribution is -2.26. The molecule has 8 heteroatoms. The van der Waals surface area contributed by atoms with Crippen LogP contribution in [0.15, 0.2) is 36.7 Å². The quantitative estimate of drug-likeness (QED) is 0.671. The fourth-order valence-corrected chi connectivity index (χ4v) is 1.67. The molecule has 0 unspecified atom stereocenters.